The highest BCUT2D eigenvalue weighted by Gasteiger charge is 2.33. The number of benzene rings is 2. The molecule has 1 aliphatic heterocycles. The molecule has 110 valence electrons. The second kappa shape index (κ2) is 5.39. The first kappa shape index (κ1) is 15.0. The van der Waals surface area contributed by atoms with Crippen LogP contribution in [0, 0.1) is 0 Å². The van der Waals surface area contributed by atoms with Crippen molar-refractivity contribution < 1.29 is 8.42 Å². The lowest BCUT2D eigenvalue weighted by Gasteiger charge is -2.18. The lowest BCUT2D eigenvalue weighted by Crippen LogP contribution is -2.26. The van der Waals surface area contributed by atoms with Gasteiger partial charge in [0.1, 0.15) is 4.90 Å². The minimum Gasteiger partial charge on any atom is -0.398 e. The van der Waals surface area contributed by atoms with Crippen LogP contribution in [-0.2, 0) is 23.1 Å². The van der Waals surface area contributed by atoms with Crippen molar-refractivity contribution in [3.8, 4) is 0 Å². The number of anilines is 1. The molecule has 0 spiro atoms. The number of hydrogen-bond donors (Lipinski definition) is 1. The molecule has 0 aromatic heterocycles. The maximum absolute atomic E-state index is 12.9. The largest absolute Gasteiger partial charge is 0.398 e. The fraction of sp³-hybridized carbons (Fsp3) is 0.143. The molecule has 1 heterocycles. The Morgan fingerprint density at radius 2 is 1.62 bits per heavy atom. The summed E-state index contributed by atoms with van der Waals surface area (Å²) in [6, 6.07) is 11.0. The fourth-order valence-corrected chi connectivity index (χ4v) is 5.86. The summed E-state index contributed by atoms with van der Waals surface area (Å²) < 4.78 is 28.4. The predicted octanol–water partition coefficient (Wildman–Crippen LogP) is 3.50. The number of nitrogens with zero attached hydrogens (tertiary/aromatic N) is 1. The predicted molar refractivity (Wildman–Crippen MR) is 89.1 cm³/mol. The molecule has 0 atom stereocenters. The molecule has 0 unspecified atom stereocenters. The Labute approximate surface area is 140 Å². The number of nitrogen functional groups attached to an aromatic ring is 1. The van der Waals surface area contributed by atoms with Gasteiger partial charge in [-0.15, -0.1) is 0 Å². The molecule has 3 rings (SSSR count). The topological polar surface area (TPSA) is 63.4 Å². The Morgan fingerprint density at radius 3 is 2.14 bits per heavy atom. The third-order valence-electron chi connectivity index (χ3n) is 3.45. The van der Waals surface area contributed by atoms with Crippen LogP contribution in [0.5, 0.6) is 0 Å². The maximum Gasteiger partial charge on any atom is 0.246 e. The van der Waals surface area contributed by atoms with Crippen molar-refractivity contribution in [3.05, 3.63) is 56.5 Å². The van der Waals surface area contributed by atoms with Crippen molar-refractivity contribution >= 4 is 47.6 Å². The Bertz CT molecular complexity index is 773. The molecule has 0 amide bonds. The summed E-state index contributed by atoms with van der Waals surface area (Å²) in [6.07, 6.45) is 0. The zero-order valence-corrected chi connectivity index (χ0v) is 14.9. The molecule has 21 heavy (non-hydrogen) atoms. The molecule has 0 aliphatic carbocycles. The molecular formula is C14H12Br2N2O2S. The van der Waals surface area contributed by atoms with Gasteiger partial charge in [0, 0.05) is 22.0 Å². The van der Waals surface area contributed by atoms with Crippen molar-refractivity contribution in [2.75, 3.05) is 5.73 Å². The van der Waals surface area contributed by atoms with Crippen LogP contribution in [-0.4, -0.2) is 12.7 Å². The molecule has 2 aromatic rings. The third kappa shape index (κ3) is 2.63. The van der Waals surface area contributed by atoms with Crippen LogP contribution in [0.1, 0.15) is 11.1 Å². The first-order valence-corrected chi connectivity index (χ1v) is 9.23. The number of nitrogens with two attached hydrogens (primary N) is 1. The Morgan fingerprint density at radius 1 is 1.05 bits per heavy atom. The molecule has 4 nitrogen and oxygen atoms in total. The van der Waals surface area contributed by atoms with E-state index in [-0.39, 0.29) is 10.6 Å². The maximum atomic E-state index is 12.9. The van der Waals surface area contributed by atoms with Gasteiger partial charge in [-0.1, -0.05) is 40.2 Å². The normalized spacial score (nSPS) is 15.1. The fourth-order valence-electron chi connectivity index (χ4n) is 2.45. The first-order valence-electron chi connectivity index (χ1n) is 6.21. The monoisotopic (exact) mass is 430 g/mol. The number of fused-ring (bicyclic) bond motifs is 1. The quantitative estimate of drug-likeness (QED) is 0.740. The van der Waals surface area contributed by atoms with E-state index in [1.807, 2.05) is 24.3 Å². The molecule has 0 fully saturated rings. The highest BCUT2D eigenvalue weighted by molar-refractivity contribution is 9.11. The molecule has 1 aliphatic rings. The smallest absolute Gasteiger partial charge is 0.246 e. The van der Waals surface area contributed by atoms with Crippen molar-refractivity contribution in [1.82, 2.24) is 4.31 Å². The summed E-state index contributed by atoms with van der Waals surface area (Å²) in [7, 11) is -3.64. The van der Waals surface area contributed by atoms with E-state index >= 15 is 0 Å². The standard InChI is InChI=1S/C14H12Br2N2O2S/c15-11-5-12(16)14(13(17)6-11)21(19,20)18-7-9-3-1-2-4-10(9)8-18/h1-6H,7-8,17H2. The van der Waals surface area contributed by atoms with Crippen LogP contribution >= 0.6 is 31.9 Å². The third-order valence-corrected chi connectivity index (χ3v) is 6.70. The highest BCUT2D eigenvalue weighted by atomic mass is 79.9. The summed E-state index contributed by atoms with van der Waals surface area (Å²) in [5.74, 6) is 0. The van der Waals surface area contributed by atoms with Gasteiger partial charge in [0.15, 0.2) is 0 Å². The van der Waals surface area contributed by atoms with Crippen molar-refractivity contribution in [3.63, 3.8) is 0 Å². The van der Waals surface area contributed by atoms with Gasteiger partial charge in [-0.05, 0) is 39.2 Å². The van der Waals surface area contributed by atoms with Gasteiger partial charge in [0.2, 0.25) is 10.0 Å². The lowest BCUT2D eigenvalue weighted by molar-refractivity contribution is 0.431. The Balaban J connectivity index is 2.04. The van der Waals surface area contributed by atoms with Crippen molar-refractivity contribution in [1.29, 1.82) is 0 Å². The van der Waals surface area contributed by atoms with E-state index in [0.29, 0.717) is 17.6 Å². The average Bonchev–Trinajstić information content (AvgIpc) is 2.81. The van der Waals surface area contributed by atoms with E-state index < -0.39 is 10.0 Å². The van der Waals surface area contributed by atoms with Gasteiger partial charge in [0.25, 0.3) is 0 Å². The van der Waals surface area contributed by atoms with E-state index in [2.05, 4.69) is 31.9 Å². The average molecular weight is 432 g/mol. The van der Waals surface area contributed by atoms with Crippen LogP contribution in [0.2, 0.25) is 0 Å². The molecule has 2 aromatic carbocycles. The Kier molecular flexibility index (Phi) is 3.85. The number of hydrogen-bond acceptors (Lipinski definition) is 3. The van der Waals surface area contributed by atoms with Crippen LogP contribution in [0.25, 0.3) is 0 Å². The number of sulfonamides is 1. The molecule has 7 heteroatoms. The molecule has 0 saturated carbocycles. The number of rotatable bonds is 2. The second-order valence-electron chi connectivity index (χ2n) is 4.85. The highest BCUT2D eigenvalue weighted by Crippen LogP contribution is 2.36. The first-order chi connectivity index (χ1) is 9.89. The number of halogens is 2. The van der Waals surface area contributed by atoms with E-state index in [4.69, 9.17) is 5.73 Å². The summed E-state index contributed by atoms with van der Waals surface area (Å²) in [4.78, 5) is 0.124. The van der Waals surface area contributed by atoms with Crippen LogP contribution in [0.15, 0.2) is 50.2 Å². The molecule has 0 radical (unpaired) electrons. The zero-order chi connectivity index (χ0) is 15.2. The minimum absolute atomic E-state index is 0.124. The molecule has 2 N–H and O–H groups in total. The van der Waals surface area contributed by atoms with Crippen molar-refractivity contribution in [2.45, 2.75) is 18.0 Å². The molecular weight excluding hydrogens is 420 g/mol. The van der Waals surface area contributed by atoms with E-state index in [0.717, 1.165) is 15.6 Å². The SMILES string of the molecule is Nc1cc(Br)cc(Br)c1S(=O)(=O)N1Cc2ccccc2C1. The van der Waals surface area contributed by atoms with E-state index in [9.17, 15) is 8.42 Å². The minimum atomic E-state index is -3.64. The van der Waals surface area contributed by atoms with Gasteiger partial charge in [-0.25, -0.2) is 8.42 Å². The van der Waals surface area contributed by atoms with Crippen molar-refractivity contribution in [2.24, 2.45) is 0 Å². The lowest BCUT2D eigenvalue weighted by atomic mass is 10.1. The van der Waals surface area contributed by atoms with Crippen LogP contribution in [0.3, 0.4) is 0 Å². The van der Waals surface area contributed by atoms with Gasteiger partial charge in [0.05, 0.1) is 5.69 Å². The van der Waals surface area contributed by atoms with E-state index in [1.165, 1.54) is 4.31 Å². The van der Waals surface area contributed by atoms with Gasteiger partial charge >= 0.3 is 0 Å². The van der Waals surface area contributed by atoms with Crippen LogP contribution < -0.4 is 5.73 Å². The second-order valence-corrected chi connectivity index (χ2v) is 8.49. The Hall–Kier alpha value is -0.890. The van der Waals surface area contributed by atoms with Gasteiger partial charge < -0.3 is 5.73 Å². The summed E-state index contributed by atoms with van der Waals surface area (Å²) >= 11 is 6.60. The molecule has 0 saturated heterocycles. The molecule has 0 bridgehead atoms. The zero-order valence-electron chi connectivity index (χ0n) is 10.9. The summed E-state index contributed by atoms with van der Waals surface area (Å²) in [6.45, 7) is 0.751. The van der Waals surface area contributed by atoms with Gasteiger partial charge in [-0.2, -0.15) is 4.31 Å². The summed E-state index contributed by atoms with van der Waals surface area (Å²) in [5.41, 5.74) is 8.21. The van der Waals surface area contributed by atoms with E-state index in [1.54, 1.807) is 12.1 Å². The van der Waals surface area contributed by atoms with Gasteiger partial charge in [-0.3, -0.25) is 0 Å². The van der Waals surface area contributed by atoms with Crippen LogP contribution in [0.4, 0.5) is 5.69 Å². The summed E-state index contributed by atoms with van der Waals surface area (Å²) in [5, 5.41) is 0.